The van der Waals surface area contributed by atoms with Gasteiger partial charge in [-0.25, -0.2) is 0 Å². The van der Waals surface area contributed by atoms with E-state index in [2.05, 4.69) is 14.7 Å². The molecule has 0 aliphatic rings. The Labute approximate surface area is 159 Å². The number of ether oxygens (including phenoxy) is 2. The molecule has 0 fully saturated rings. The van der Waals surface area contributed by atoms with Crippen LogP contribution in [-0.2, 0) is 0 Å². The molecule has 134 valence electrons. The summed E-state index contributed by atoms with van der Waals surface area (Å²) in [5.74, 6) is 1.49. The first kappa shape index (κ1) is 18.2. The first-order valence-electron chi connectivity index (χ1n) is 7.82. The number of amides is 1. The molecule has 0 unspecified atom stereocenters. The highest BCUT2D eigenvalue weighted by Crippen LogP contribution is 2.32. The Morgan fingerprint density at radius 3 is 2.65 bits per heavy atom. The number of methoxy groups -OCH3 is 1. The van der Waals surface area contributed by atoms with Crippen LogP contribution in [0.1, 0.15) is 17.3 Å². The van der Waals surface area contributed by atoms with E-state index in [0.717, 1.165) is 17.1 Å². The van der Waals surface area contributed by atoms with Crippen molar-refractivity contribution >= 4 is 34.2 Å². The van der Waals surface area contributed by atoms with Crippen molar-refractivity contribution in [3.05, 3.63) is 53.1 Å². The second-order valence-electron chi connectivity index (χ2n) is 5.18. The monoisotopic (exact) mass is 389 g/mol. The Morgan fingerprint density at radius 1 is 1.19 bits per heavy atom. The third-order valence-corrected chi connectivity index (χ3v) is 4.36. The molecule has 1 aromatic heterocycles. The predicted octanol–water partition coefficient (Wildman–Crippen LogP) is 4.52. The topological polar surface area (TPSA) is 73.3 Å². The highest BCUT2D eigenvalue weighted by molar-refractivity contribution is 7.10. The molecular formula is C18H16ClN3O3S. The molecule has 6 nitrogen and oxygen atoms in total. The van der Waals surface area contributed by atoms with Crippen molar-refractivity contribution in [3.63, 3.8) is 0 Å². The second kappa shape index (κ2) is 8.16. The lowest BCUT2D eigenvalue weighted by molar-refractivity contribution is 0.102. The average Bonchev–Trinajstić information content (AvgIpc) is 3.11. The smallest absolute Gasteiger partial charge is 0.257 e. The Balaban J connectivity index is 1.77. The van der Waals surface area contributed by atoms with Gasteiger partial charge in [0.25, 0.3) is 5.91 Å². The van der Waals surface area contributed by atoms with Crippen LogP contribution in [0.2, 0.25) is 5.02 Å². The third-order valence-electron chi connectivity index (χ3n) is 3.47. The number of carbonyl (C=O) groups is 1. The number of halogens is 1. The number of nitrogens with zero attached hydrogens (tertiary/aromatic N) is 2. The third kappa shape index (κ3) is 4.12. The minimum absolute atomic E-state index is 0.270. The maximum Gasteiger partial charge on any atom is 0.257 e. The fourth-order valence-corrected chi connectivity index (χ4v) is 2.95. The van der Waals surface area contributed by atoms with Gasteiger partial charge in [-0.1, -0.05) is 11.6 Å². The van der Waals surface area contributed by atoms with E-state index < -0.39 is 0 Å². The number of aromatic nitrogens is 2. The summed E-state index contributed by atoms with van der Waals surface area (Å²) in [5.41, 5.74) is 1.27. The van der Waals surface area contributed by atoms with Crippen LogP contribution >= 0.6 is 23.1 Å². The number of hydrogen-bond acceptors (Lipinski definition) is 6. The second-order valence-corrected chi connectivity index (χ2v) is 6.37. The summed E-state index contributed by atoms with van der Waals surface area (Å²) in [4.78, 5) is 16.6. The lowest BCUT2D eigenvalue weighted by Gasteiger charge is -2.09. The Morgan fingerprint density at radius 2 is 1.96 bits per heavy atom. The molecule has 0 radical (unpaired) electrons. The first-order chi connectivity index (χ1) is 12.6. The van der Waals surface area contributed by atoms with E-state index in [4.69, 9.17) is 21.1 Å². The fourth-order valence-electron chi connectivity index (χ4n) is 2.24. The van der Waals surface area contributed by atoms with Gasteiger partial charge in [0.1, 0.15) is 0 Å². The van der Waals surface area contributed by atoms with Crippen LogP contribution in [-0.4, -0.2) is 29.0 Å². The highest BCUT2D eigenvalue weighted by Gasteiger charge is 2.13. The normalized spacial score (nSPS) is 10.4. The van der Waals surface area contributed by atoms with Gasteiger partial charge in [0.2, 0.25) is 5.13 Å². The molecule has 1 N–H and O–H groups in total. The number of hydrogen-bond donors (Lipinski definition) is 1. The van der Waals surface area contributed by atoms with Crippen molar-refractivity contribution in [2.45, 2.75) is 6.92 Å². The van der Waals surface area contributed by atoms with Crippen LogP contribution in [0.5, 0.6) is 11.5 Å². The van der Waals surface area contributed by atoms with Gasteiger partial charge in [-0.15, -0.1) is 0 Å². The lowest BCUT2D eigenvalue weighted by atomic mass is 10.2. The SMILES string of the molecule is CCOc1ccc(-c2nsc(NC(=O)c3ccc(Cl)cc3)n2)cc1OC. The van der Waals surface area contributed by atoms with Gasteiger partial charge in [-0.05, 0) is 49.4 Å². The minimum atomic E-state index is -0.270. The van der Waals surface area contributed by atoms with Gasteiger partial charge in [0.05, 0.1) is 13.7 Å². The summed E-state index contributed by atoms with van der Waals surface area (Å²) in [6.07, 6.45) is 0. The summed E-state index contributed by atoms with van der Waals surface area (Å²) in [6.45, 7) is 2.45. The van der Waals surface area contributed by atoms with Crippen molar-refractivity contribution in [3.8, 4) is 22.9 Å². The summed E-state index contributed by atoms with van der Waals surface area (Å²) in [7, 11) is 1.58. The zero-order valence-corrected chi connectivity index (χ0v) is 15.7. The molecule has 0 saturated carbocycles. The summed E-state index contributed by atoms with van der Waals surface area (Å²) in [5, 5.41) is 3.72. The minimum Gasteiger partial charge on any atom is -0.493 e. The van der Waals surface area contributed by atoms with Gasteiger partial charge in [0.15, 0.2) is 17.3 Å². The quantitative estimate of drug-likeness (QED) is 0.671. The molecule has 8 heteroatoms. The van der Waals surface area contributed by atoms with Crippen LogP contribution < -0.4 is 14.8 Å². The highest BCUT2D eigenvalue weighted by atomic mass is 35.5. The zero-order valence-electron chi connectivity index (χ0n) is 14.2. The molecule has 0 aliphatic carbocycles. The van der Waals surface area contributed by atoms with Gasteiger partial charge in [0, 0.05) is 27.7 Å². The average molecular weight is 390 g/mol. The number of benzene rings is 2. The van der Waals surface area contributed by atoms with Crippen LogP contribution in [0.25, 0.3) is 11.4 Å². The van der Waals surface area contributed by atoms with Crippen molar-refractivity contribution in [2.75, 3.05) is 19.0 Å². The molecule has 0 spiro atoms. The summed E-state index contributed by atoms with van der Waals surface area (Å²) < 4.78 is 15.1. The summed E-state index contributed by atoms with van der Waals surface area (Å²) in [6, 6.07) is 12.1. The van der Waals surface area contributed by atoms with Crippen molar-refractivity contribution in [1.29, 1.82) is 0 Å². The number of nitrogens with one attached hydrogen (secondary N) is 1. The van der Waals surface area contributed by atoms with Gasteiger partial charge >= 0.3 is 0 Å². The number of anilines is 1. The van der Waals surface area contributed by atoms with Gasteiger partial charge in [-0.2, -0.15) is 9.36 Å². The van der Waals surface area contributed by atoms with Crippen molar-refractivity contribution in [1.82, 2.24) is 9.36 Å². The van der Waals surface area contributed by atoms with Crippen LogP contribution in [0.3, 0.4) is 0 Å². The first-order valence-corrected chi connectivity index (χ1v) is 8.97. The molecule has 26 heavy (non-hydrogen) atoms. The summed E-state index contributed by atoms with van der Waals surface area (Å²) >= 11 is 6.94. The number of carbonyl (C=O) groups excluding carboxylic acids is 1. The van der Waals surface area contributed by atoms with E-state index in [0.29, 0.717) is 39.6 Å². The molecule has 2 aromatic carbocycles. The van der Waals surface area contributed by atoms with E-state index >= 15 is 0 Å². The largest absolute Gasteiger partial charge is 0.493 e. The molecule has 0 bridgehead atoms. The van der Waals surface area contributed by atoms with Crippen molar-refractivity contribution < 1.29 is 14.3 Å². The molecule has 0 saturated heterocycles. The fraction of sp³-hybridized carbons (Fsp3) is 0.167. The Kier molecular flexibility index (Phi) is 5.70. The molecule has 0 aliphatic heterocycles. The Bertz CT molecular complexity index is 912. The molecule has 3 aromatic rings. The van der Waals surface area contributed by atoms with Crippen LogP contribution in [0, 0.1) is 0 Å². The van der Waals surface area contributed by atoms with E-state index in [1.807, 2.05) is 19.1 Å². The van der Waals surface area contributed by atoms with E-state index in [1.54, 1.807) is 37.4 Å². The van der Waals surface area contributed by atoms with E-state index in [1.165, 1.54) is 0 Å². The standard InChI is InChI=1S/C18H16ClN3O3S/c1-3-25-14-9-6-12(10-15(14)24-2)16-20-18(26-22-16)21-17(23)11-4-7-13(19)8-5-11/h4-10H,3H2,1-2H3,(H,20,21,22,23). The van der Waals surface area contributed by atoms with Crippen LogP contribution in [0.4, 0.5) is 5.13 Å². The van der Waals surface area contributed by atoms with E-state index in [-0.39, 0.29) is 5.91 Å². The van der Waals surface area contributed by atoms with Crippen LogP contribution in [0.15, 0.2) is 42.5 Å². The maximum atomic E-state index is 12.2. The Hall–Kier alpha value is -2.64. The van der Waals surface area contributed by atoms with E-state index in [9.17, 15) is 4.79 Å². The lowest BCUT2D eigenvalue weighted by Crippen LogP contribution is -2.11. The molecular weight excluding hydrogens is 374 g/mol. The van der Waals surface area contributed by atoms with Crippen molar-refractivity contribution in [2.24, 2.45) is 0 Å². The van der Waals surface area contributed by atoms with Gasteiger partial charge < -0.3 is 9.47 Å². The predicted molar refractivity (Wildman–Crippen MR) is 102 cm³/mol. The zero-order chi connectivity index (χ0) is 18.5. The molecule has 1 heterocycles. The molecule has 1 amide bonds. The number of rotatable bonds is 6. The molecule has 3 rings (SSSR count). The maximum absolute atomic E-state index is 12.2. The van der Waals surface area contributed by atoms with Gasteiger partial charge in [-0.3, -0.25) is 10.1 Å². The molecule has 0 atom stereocenters.